The van der Waals surface area contributed by atoms with Crippen LogP contribution in [0, 0.1) is 5.92 Å². The van der Waals surface area contributed by atoms with Crippen LogP contribution in [-0.4, -0.2) is 25.1 Å². The van der Waals surface area contributed by atoms with Gasteiger partial charge in [-0.05, 0) is 13.6 Å². The summed E-state index contributed by atoms with van der Waals surface area (Å²) in [5, 5.41) is 2.00. The molecule has 0 N–H and O–H groups in total. The molecular weight excluding hydrogens is 274 g/mol. The summed E-state index contributed by atoms with van der Waals surface area (Å²) in [5.41, 5.74) is 4.15. The van der Waals surface area contributed by atoms with E-state index in [0.29, 0.717) is 0 Å². The second kappa shape index (κ2) is 3.58. The van der Waals surface area contributed by atoms with Crippen molar-refractivity contribution in [1.29, 1.82) is 0 Å². The van der Waals surface area contributed by atoms with Crippen LogP contribution in [0.2, 0.25) is 0 Å². The van der Waals surface area contributed by atoms with Crippen molar-refractivity contribution in [3.8, 4) is 0 Å². The molecule has 1 fully saturated rings. The smallest absolute Gasteiger partial charge is 0 e. The number of rotatable bonds is 0. The van der Waals surface area contributed by atoms with Crippen LogP contribution in [-0.2, 0) is 20.4 Å². The first-order valence-electron chi connectivity index (χ1n) is 2.67. The van der Waals surface area contributed by atoms with Gasteiger partial charge in [-0.15, -0.1) is 6.54 Å². The van der Waals surface area contributed by atoms with Crippen LogP contribution < -0.4 is 0 Å². The molecule has 0 saturated carbocycles. The minimum Gasteiger partial charge on any atom is -0.594 e. The van der Waals surface area contributed by atoms with Gasteiger partial charge in [0, 0.05) is 20.4 Å². The van der Waals surface area contributed by atoms with E-state index in [2.05, 4.69) is 12.3 Å². The Kier molecular flexibility index (Phi) is 3.84. The van der Waals surface area contributed by atoms with E-state index in [0.717, 1.165) is 19.0 Å². The second-order valence-electron chi connectivity index (χ2n) is 2.27. The van der Waals surface area contributed by atoms with Crippen LogP contribution in [0.1, 0.15) is 6.92 Å². The molecule has 1 heterocycles. The molecule has 1 unspecified atom stereocenters. The van der Waals surface area contributed by atoms with Gasteiger partial charge < -0.3 is 10.4 Å². The van der Waals surface area contributed by atoms with Crippen molar-refractivity contribution in [1.82, 2.24) is 5.01 Å². The molecule has 1 rings (SSSR count). The molecule has 0 aliphatic carbocycles. The quantitative estimate of drug-likeness (QED) is 0.645. The molecule has 0 spiro atoms. The van der Waals surface area contributed by atoms with Crippen LogP contribution in [0.5, 0.6) is 0 Å². The summed E-state index contributed by atoms with van der Waals surface area (Å²) < 4.78 is 0. The van der Waals surface area contributed by atoms with E-state index in [-0.39, 0.29) is 20.4 Å². The van der Waals surface area contributed by atoms with Crippen LogP contribution in [0.15, 0.2) is 0 Å². The molecule has 49 valence electrons. The van der Waals surface area contributed by atoms with Gasteiger partial charge in [0.2, 0.25) is 0 Å². The Balaban J connectivity index is 0.000000490. The van der Waals surface area contributed by atoms with Gasteiger partial charge in [-0.3, -0.25) is 0 Å². The first kappa shape index (κ1) is 8.58. The summed E-state index contributed by atoms with van der Waals surface area (Å²) >= 11 is 0. The first-order chi connectivity index (χ1) is 3.29. The topological polar surface area (TPSA) is 17.3 Å². The van der Waals surface area contributed by atoms with Crippen LogP contribution in [0.4, 0.5) is 0 Å². The largest absolute Gasteiger partial charge is 0.594 e. The fraction of sp³-hybridized carbons (Fsp3) is 1.00. The minimum absolute atomic E-state index is 0. The Hall–Kier alpha value is 0.582. The molecule has 8 heavy (non-hydrogen) atoms. The maximum Gasteiger partial charge on any atom is 0 e. The summed E-state index contributed by atoms with van der Waals surface area (Å²) in [6, 6.07) is 0. The summed E-state index contributed by atoms with van der Waals surface area (Å²) in [7, 11) is 2.02. The van der Waals surface area contributed by atoms with E-state index in [1.54, 1.807) is 0 Å². The molecule has 1 saturated heterocycles. The summed E-state index contributed by atoms with van der Waals surface area (Å²) in [4.78, 5) is 0. The molecule has 2 nitrogen and oxygen atoms in total. The zero-order valence-electron chi connectivity index (χ0n) is 5.26. The predicted molar refractivity (Wildman–Crippen MR) is 30.0 cm³/mol. The molecule has 0 aromatic heterocycles. The predicted octanol–water partition coefficient (Wildman–Crippen LogP) is 0.854. The van der Waals surface area contributed by atoms with Gasteiger partial charge in [-0.25, -0.2) is 0 Å². The van der Waals surface area contributed by atoms with Crippen molar-refractivity contribution in [2.24, 2.45) is 5.92 Å². The average molecular weight is 285 g/mol. The van der Waals surface area contributed by atoms with E-state index in [9.17, 15) is 0 Å². The molecule has 1 aliphatic rings. The molecule has 0 amide bonds. The molecule has 1 radical (unpaired) electrons. The molecule has 3 heteroatoms. The zero-order valence-corrected chi connectivity index (χ0v) is 7.98. The number of nitrogens with zero attached hydrogens (tertiary/aromatic N) is 2. The van der Waals surface area contributed by atoms with Crippen LogP contribution >= 0.6 is 0 Å². The van der Waals surface area contributed by atoms with Crippen molar-refractivity contribution in [2.45, 2.75) is 6.92 Å². The maximum atomic E-state index is 4.15. The van der Waals surface area contributed by atoms with Gasteiger partial charge in [0.15, 0.2) is 0 Å². The van der Waals surface area contributed by atoms with Crippen LogP contribution in [0.25, 0.3) is 5.43 Å². The van der Waals surface area contributed by atoms with Crippen molar-refractivity contribution in [3.63, 3.8) is 0 Å². The van der Waals surface area contributed by atoms with Gasteiger partial charge in [-0.1, -0.05) is 12.8 Å². The third-order valence-electron chi connectivity index (χ3n) is 1.21. The zero-order chi connectivity index (χ0) is 5.28. The Labute approximate surface area is 64.3 Å². The van der Waals surface area contributed by atoms with E-state index in [1.807, 2.05) is 12.1 Å². The Morgan fingerprint density at radius 2 is 2.25 bits per heavy atom. The molecule has 0 aromatic rings. The fourth-order valence-corrected chi connectivity index (χ4v) is 0.845. The third-order valence-corrected chi connectivity index (χ3v) is 1.21. The molecule has 0 bridgehead atoms. The fourth-order valence-electron chi connectivity index (χ4n) is 0.845. The van der Waals surface area contributed by atoms with Crippen molar-refractivity contribution in [2.75, 3.05) is 20.1 Å². The van der Waals surface area contributed by atoms with Crippen molar-refractivity contribution >= 4 is 0 Å². The van der Waals surface area contributed by atoms with Crippen LogP contribution in [0.3, 0.4) is 0 Å². The van der Waals surface area contributed by atoms with E-state index < -0.39 is 0 Å². The first-order valence-corrected chi connectivity index (χ1v) is 2.67. The molecule has 1 atom stereocenters. The minimum atomic E-state index is 0. The SMILES string of the molecule is CC1C[N-]N(C)C1.[Re]. The second-order valence-corrected chi connectivity index (χ2v) is 2.27. The van der Waals surface area contributed by atoms with E-state index in [4.69, 9.17) is 0 Å². The maximum absolute atomic E-state index is 4.15. The summed E-state index contributed by atoms with van der Waals surface area (Å²) in [6.07, 6.45) is 0. The number of hydrogen-bond acceptors (Lipinski definition) is 1. The standard InChI is InChI=1S/C5H11N2.Re/c1-5-3-6-7(2)4-5;/h5H,3-4H2,1-2H3;/q-1;. The summed E-state index contributed by atoms with van der Waals surface area (Å²) in [6.45, 7) is 4.38. The van der Waals surface area contributed by atoms with Gasteiger partial charge in [0.25, 0.3) is 0 Å². The van der Waals surface area contributed by atoms with E-state index >= 15 is 0 Å². The van der Waals surface area contributed by atoms with Gasteiger partial charge in [0.05, 0.1) is 0 Å². The Morgan fingerprint density at radius 3 is 2.38 bits per heavy atom. The Bertz CT molecular complexity index is 59.4. The molecular formula is C5H11N2Re-. The summed E-state index contributed by atoms with van der Waals surface area (Å²) in [5.74, 6) is 0.782. The third kappa shape index (κ3) is 2.23. The number of hydrogen-bond donors (Lipinski definition) is 0. The monoisotopic (exact) mass is 286 g/mol. The normalized spacial score (nSPS) is 30.0. The van der Waals surface area contributed by atoms with Gasteiger partial charge >= 0.3 is 0 Å². The van der Waals surface area contributed by atoms with Gasteiger partial charge in [0.1, 0.15) is 0 Å². The molecule has 0 aromatic carbocycles. The Morgan fingerprint density at radius 1 is 1.62 bits per heavy atom. The average Bonchev–Trinajstić information content (AvgIpc) is 1.87. The van der Waals surface area contributed by atoms with Crippen molar-refractivity contribution in [3.05, 3.63) is 5.43 Å². The van der Waals surface area contributed by atoms with E-state index in [1.165, 1.54) is 0 Å². The van der Waals surface area contributed by atoms with Gasteiger partial charge in [-0.2, -0.15) is 0 Å². The van der Waals surface area contributed by atoms with Crippen molar-refractivity contribution < 1.29 is 20.4 Å². The molecule has 1 aliphatic heterocycles.